The molecule has 15 heavy (non-hydrogen) atoms. The highest BCUT2D eigenvalue weighted by Crippen LogP contribution is 1.98. The molecule has 0 spiro atoms. The van der Waals surface area contributed by atoms with Gasteiger partial charge in [-0.1, -0.05) is 0 Å². The fourth-order valence-corrected chi connectivity index (χ4v) is 1.23. The fraction of sp³-hybridized carbons (Fsp3) is 1.00. The molecule has 1 atom stereocenters. The second-order valence-corrected chi connectivity index (χ2v) is 3.41. The number of hydrogen-bond acceptors (Lipinski definition) is 5. The van der Waals surface area contributed by atoms with Crippen LogP contribution in [0, 0.1) is 0 Å². The molecule has 5 N–H and O–H groups in total. The van der Waals surface area contributed by atoms with E-state index in [0.717, 1.165) is 45.8 Å². The Morgan fingerprint density at radius 1 is 1.20 bits per heavy atom. The quantitative estimate of drug-likeness (QED) is 0.505. The minimum Gasteiger partial charge on any atom is -0.380 e. The molecule has 2 rings (SSSR count). The second-order valence-electron chi connectivity index (χ2n) is 3.41. The lowest BCUT2D eigenvalue weighted by atomic mass is 10.3. The van der Waals surface area contributed by atoms with Crippen molar-refractivity contribution >= 4 is 24.8 Å². The van der Waals surface area contributed by atoms with Gasteiger partial charge in [0.25, 0.3) is 0 Å². The van der Waals surface area contributed by atoms with Crippen molar-refractivity contribution in [2.45, 2.75) is 12.5 Å². The molecule has 0 radical (unpaired) electrons. The van der Waals surface area contributed by atoms with Crippen molar-refractivity contribution in [3.63, 3.8) is 0 Å². The normalized spacial score (nSPS) is 25.6. The van der Waals surface area contributed by atoms with Gasteiger partial charge in [0.05, 0.1) is 6.61 Å². The van der Waals surface area contributed by atoms with Crippen molar-refractivity contribution in [1.82, 2.24) is 10.3 Å². The van der Waals surface area contributed by atoms with E-state index in [2.05, 4.69) is 5.32 Å². The van der Waals surface area contributed by atoms with Gasteiger partial charge in [-0.2, -0.15) is 0 Å². The van der Waals surface area contributed by atoms with Gasteiger partial charge in [0.15, 0.2) is 0 Å². The van der Waals surface area contributed by atoms with E-state index in [4.69, 9.17) is 16.3 Å². The van der Waals surface area contributed by atoms with E-state index in [1.54, 1.807) is 0 Å². The van der Waals surface area contributed by atoms with Crippen LogP contribution >= 0.6 is 24.8 Å². The Balaban J connectivity index is 0. The highest BCUT2D eigenvalue weighted by molar-refractivity contribution is 5.85. The summed E-state index contributed by atoms with van der Waals surface area (Å²) in [6.45, 7) is 5.67. The first-order chi connectivity index (χ1) is 6.29. The van der Waals surface area contributed by atoms with Gasteiger partial charge < -0.3 is 15.8 Å². The number of nitrogens with zero attached hydrogens (tertiary/aromatic N) is 1. The first kappa shape index (κ1) is 17.8. The van der Waals surface area contributed by atoms with Crippen molar-refractivity contribution in [2.24, 2.45) is 11.6 Å². The van der Waals surface area contributed by atoms with Crippen LogP contribution < -0.4 is 16.9 Å². The summed E-state index contributed by atoms with van der Waals surface area (Å²) >= 11 is 0. The molecule has 2 fully saturated rings. The monoisotopic (exact) mass is 260 g/mol. The summed E-state index contributed by atoms with van der Waals surface area (Å²) in [6.07, 6.45) is 1.04. The molecule has 2 heterocycles. The summed E-state index contributed by atoms with van der Waals surface area (Å²) in [6, 6.07) is 0.324. The summed E-state index contributed by atoms with van der Waals surface area (Å²) in [5.74, 6) is 5.43. The molecule has 2 aliphatic heterocycles. The van der Waals surface area contributed by atoms with E-state index in [0.29, 0.717) is 6.04 Å². The topological polar surface area (TPSA) is 76.5 Å². The number of piperazine rings is 1. The number of hydrazine groups is 1. The predicted molar refractivity (Wildman–Crippen MR) is 66.5 cm³/mol. The van der Waals surface area contributed by atoms with Crippen molar-refractivity contribution in [3.05, 3.63) is 0 Å². The summed E-state index contributed by atoms with van der Waals surface area (Å²) in [4.78, 5) is 0. The lowest BCUT2D eigenvalue weighted by Crippen LogP contribution is -2.47. The molecular weight excluding hydrogens is 239 g/mol. The lowest BCUT2D eigenvalue weighted by molar-refractivity contribution is 0.194. The lowest BCUT2D eigenvalue weighted by Gasteiger charge is -2.21. The largest absolute Gasteiger partial charge is 0.380 e. The Kier molecular flexibility index (Phi) is 12.9. The molecule has 0 aliphatic carbocycles. The number of halogens is 2. The molecule has 0 unspecified atom stereocenters. The van der Waals surface area contributed by atoms with E-state index in [1.165, 1.54) is 0 Å². The Morgan fingerprint density at radius 2 is 1.80 bits per heavy atom. The zero-order valence-electron chi connectivity index (χ0n) is 8.85. The molecule has 2 saturated heterocycles. The van der Waals surface area contributed by atoms with Gasteiger partial charge in [-0.25, -0.2) is 5.01 Å². The van der Waals surface area contributed by atoms with Gasteiger partial charge in [0.2, 0.25) is 0 Å². The average molecular weight is 261 g/mol. The van der Waals surface area contributed by atoms with E-state index in [1.807, 2.05) is 5.01 Å². The van der Waals surface area contributed by atoms with Crippen molar-refractivity contribution in [1.29, 1.82) is 0 Å². The molecule has 0 aromatic carbocycles. The van der Waals surface area contributed by atoms with Gasteiger partial charge in [-0.15, -0.1) is 24.8 Å². The molecule has 0 aromatic heterocycles. The van der Waals surface area contributed by atoms with E-state index >= 15 is 0 Å². The van der Waals surface area contributed by atoms with Crippen LogP contribution in [0.4, 0.5) is 0 Å². The number of rotatable bonds is 0. The summed E-state index contributed by atoms with van der Waals surface area (Å²) in [5, 5.41) is 5.02. The Bertz CT molecular complexity index is 130. The number of nitrogens with two attached hydrogens (primary N) is 2. The Hall–Kier alpha value is 0.380. The summed E-state index contributed by atoms with van der Waals surface area (Å²) in [7, 11) is 0. The minimum atomic E-state index is 0. The molecule has 0 saturated carbocycles. The van der Waals surface area contributed by atoms with Gasteiger partial charge in [-0.05, 0) is 6.42 Å². The van der Waals surface area contributed by atoms with Crippen LogP contribution in [0.1, 0.15) is 6.42 Å². The van der Waals surface area contributed by atoms with E-state index < -0.39 is 0 Å². The molecule has 0 aromatic rings. The Labute approximate surface area is 104 Å². The molecule has 7 heteroatoms. The Morgan fingerprint density at radius 3 is 2.00 bits per heavy atom. The maximum absolute atomic E-state index is 5.43. The molecule has 94 valence electrons. The summed E-state index contributed by atoms with van der Waals surface area (Å²) in [5.41, 5.74) is 5.41. The van der Waals surface area contributed by atoms with Crippen LogP contribution in [0.5, 0.6) is 0 Å². The van der Waals surface area contributed by atoms with E-state index in [-0.39, 0.29) is 24.8 Å². The molecule has 0 bridgehead atoms. The summed E-state index contributed by atoms with van der Waals surface area (Å²) < 4.78 is 4.93. The highest BCUT2D eigenvalue weighted by atomic mass is 35.5. The number of hydrogen-bond donors (Lipinski definition) is 3. The van der Waals surface area contributed by atoms with Crippen LogP contribution in [-0.4, -0.2) is 50.4 Å². The SMILES string of the molecule is Cl.Cl.NN1CCNCC1.N[C@@H]1CCOC1. The minimum absolute atomic E-state index is 0. The van der Waals surface area contributed by atoms with Gasteiger partial charge in [0.1, 0.15) is 0 Å². The third kappa shape index (κ3) is 9.32. The van der Waals surface area contributed by atoms with Crippen LogP contribution in [0.2, 0.25) is 0 Å². The van der Waals surface area contributed by atoms with E-state index in [9.17, 15) is 0 Å². The molecule has 5 nitrogen and oxygen atoms in total. The zero-order valence-corrected chi connectivity index (χ0v) is 10.5. The standard InChI is InChI=1S/C4H11N3.C4H9NO.2ClH/c5-7-3-1-6-2-4-7;5-4-1-2-6-3-4;;/h6H,1-5H2;4H,1-3,5H2;2*1H/t;4-;;/m.1../s1. The van der Waals surface area contributed by atoms with Crippen LogP contribution in [-0.2, 0) is 4.74 Å². The van der Waals surface area contributed by atoms with Crippen molar-refractivity contribution < 1.29 is 4.74 Å². The van der Waals surface area contributed by atoms with Crippen molar-refractivity contribution in [3.8, 4) is 0 Å². The molecule has 2 aliphatic rings. The van der Waals surface area contributed by atoms with Crippen LogP contribution in [0.25, 0.3) is 0 Å². The first-order valence-electron chi connectivity index (χ1n) is 4.82. The van der Waals surface area contributed by atoms with Gasteiger partial charge >= 0.3 is 0 Å². The van der Waals surface area contributed by atoms with Crippen molar-refractivity contribution in [2.75, 3.05) is 39.4 Å². The maximum Gasteiger partial charge on any atom is 0.0618 e. The molecular formula is C8H22Cl2N4O. The average Bonchev–Trinajstić information content (AvgIpc) is 2.58. The fourth-order valence-electron chi connectivity index (χ4n) is 1.23. The third-order valence-corrected chi connectivity index (χ3v) is 2.12. The van der Waals surface area contributed by atoms with Gasteiger partial charge in [0, 0.05) is 38.8 Å². The zero-order chi connectivity index (χ0) is 9.52. The highest BCUT2D eigenvalue weighted by Gasteiger charge is 2.08. The number of nitrogens with one attached hydrogen (secondary N) is 1. The van der Waals surface area contributed by atoms with Crippen LogP contribution in [0.15, 0.2) is 0 Å². The van der Waals surface area contributed by atoms with Crippen LogP contribution in [0.3, 0.4) is 0 Å². The smallest absolute Gasteiger partial charge is 0.0618 e. The third-order valence-electron chi connectivity index (χ3n) is 2.12. The molecule has 0 amide bonds. The predicted octanol–water partition coefficient (Wildman–Crippen LogP) is -0.657. The second kappa shape index (κ2) is 10.9. The van der Waals surface area contributed by atoms with Gasteiger partial charge in [-0.3, -0.25) is 5.84 Å². The number of ether oxygens (including phenoxy) is 1. The maximum atomic E-state index is 5.43. The first-order valence-corrected chi connectivity index (χ1v) is 4.82.